The number of carboxylic acids is 1. The van der Waals surface area contributed by atoms with Gasteiger partial charge < -0.3 is 14.4 Å². The van der Waals surface area contributed by atoms with Crippen molar-refractivity contribution in [3.05, 3.63) is 76.4 Å². The minimum absolute atomic E-state index is 0.0238. The first-order valence-corrected chi connectivity index (χ1v) is 12.7. The van der Waals surface area contributed by atoms with Crippen LogP contribution in [0.25, 0.3) is 16.9 Å². The standard InChI is InChI=1S/C27H27F3N2O4S/c1-3-4-10-23(19-11-21(35-16-19)15-32-13-20(14-32)26(33)34)31-36-17(2)24-12-22(18-8-6-5-7-9-18)25(37-24)27(28,29)30/h5-9,11-12,16,20H,2-4,10,13-15H2,1H3,(H,33,34)/b31-23+. The smallest absolute Gasteiger partial charge is 0.426 e. The second-order valence-electron chi connectivity index (χ2n) is 8.90. The molecular formula is C27H27F3N2O4S. The average Bonchev–Trinajstić information content (AvgIpc) is 3.49. The van der Waals surface area contributed by atoms with Gasteiger partial charge in [0.25, 0.3) is 0 Å². The molecule has 0 amide bonds. The van der Waals surface area contributed by atoms with Crippen LogP contribution >= 0.6 is 11.3 Å². The number of oxime groups is 1. The first-order chi connectivity index (χ1) is 17.7. The first-order valence-electron chi connectivity index (χ1n) is 11.9. The van der Waals surface area contributed by atoms with E-state index in [1.165, 1.54) is 6.07 Å². The lowest BCUT2D eigenvalue weighted by molar-refractivity contribution is -0.147. The summed E-state index contributed by atoms with van der Waals surface area (Å²) >= 11 is 0.572. The topological polar surface area (TPSA) is 75.3 Å². The normalized spacial score (nSPS) is 15.0. The molecule has 0 radical (unpaired) electrons. The molecule has 1 aliphatic rings. The van der Waals surface area contributed by atoms with Crippen LogP contribution in [0.4, 0.5) is 13.2 Å². The fourth-order valence-electron chi connectivity index (χ4n) is 4.00. The summed E-state index contributed by atoms with van der Waals surface area (Å²) < 4.78 is 46.9. The van der Waals surface area contributed by atoms with E-state index in [4.69, 9.17) is 14.4 Å². The molecule has 1 aliphatic heterocycles. The summed E-state index contributed by atoms with van der Waals surface area (Å²) in [5.74, 6) is -0.460. The minimum Gasteiger partial charge on any atom is -0.481 e. The van der Waals surface area contributed by atoms with Gasteiger partial charge in [-0.15, -0.1) is 11.3 Å². The van der Waals surface area contributed by atoms with Gasteiger partial charge in [0.15, 0.2) is 5.76 Å². The van der Waals surface area contributed by atoms with Crippen LogP contribution in [0.15, 0.2) is 64.9 Å². The van der Waals surface area contributed by atoms with Crippen molar-refractivity contribution in [1.82, 2.24) is 4.90 Å². The molecule has 1 N–H and O–H groups in total. The largest absolute Gasteiger partial charge is 0.481 e. The van der Waals surface area contributed by atoms with Gasteiger partial charge in [0.05, 0.1) is 29.3 Å². The van der Waals surface area contributed by atoms with E-state index in [0.29, 0.717) is 60.0 Å². The fraction of sp³-hybridized carbons (Fsp3) is 0.333. The fourth-order valence-corrected chi connectivity index (χ4v) is 4.95. The molecule has 1 aromatic carbocycles. The van der Waals surface area contributed by atoms with Crippen molar-refractivity contribution in [3.8, 4) is 11.1 Å². The van der Waals surface area contributed by atoms with E-state index in [1.54, 1.807) is 36.6 Å². The van der Waals surface area contributed by atoms with Gasteiger partial charge in [0.2, 0.25) is 0 Å². The number of furan rings is 1. The van der Waals surface area contributed by atoms with Crippen molar-refractivity contribution in [1.29, 1.82) is 0 Å². The quantitative estimate of drug-likeness (QED) is 0.162. The number of aliphatic carboxylic acids is 1. The van der Waals surface area contributed by atoms with Crippen LogP contribution in [0.3, 0.4) is 0 Å². The predicted molar refractivity (Wildman–Crippen MR) is 136 cm³/mol. The second-order valence-corrected chi connectivity index (χ2v) is 9.96. The van der Waals surface area contributed by atoms with Crippen LogP contribution in [-0.2, 0) is 22.4 Å². The zero-order valence-corrected chi connectivity index (χ0v) is 21.1. The maximum absolute atomic E-state index is 13.7. The van der Waals surface area contributed by atoms with Crippen molar-refractivity contribution in [2.24, 2.45) is 11.1 Å². The van der Waals surface area contributed by atoms with Crippen molar-refractivity contribution >= 4 is 28.8 Å². The highest BCUT2D eigenvalue weighted by Gasteiger charge is 2.37. The Bertz CT molecular complexity index is 1270. The van der Waals surface area contributed by atoms with Gasteiger partial charge in [-0.1, -0.05) is 55.4 Å². The third kappa shape index (κ3) is 6.50. The molecule has 0 spiro atoms. The Labute approximate surface area is 216 Å². The lowest BCUT2D eigenvalue weighted by Gasteiger charge is -2.35. The third-order valence-electron chi connectivity index (χ3n) is 6.06. The van der Waals surface area contributed by atoms with Crippen molar-refractivity contribution in [3.63, 3.8) is 0 Å². The first kappa shape index (κ1) is 26.7. The monoisotopic (exact) mass is 532 g/mol. The maximum Gasteiger partial charge on any atom is 0.426 e. The summed E-state index contributed by atoms with van der Waals surface area (Å²) in [5.41, 5.74) is 1.84. The molecule has 196 valence electrons. The van der Waals surface area contributed by atoms with Crippen molar-refractivity contribution in [2.75, 3.05) is 13.1 Å². The molecule has 2 aromatic heterocycles. The molecule has 3 heterocycles. The summed E-state index contributed by atoms with van der Waals surface area (Å²) in [6.45, 7) is 7.28. The number of benzene rings is 1. The van der Waals surface area contributed by atoms with Crippen LogP contribution in [0.5, 0.6) is 0 Å². The summed E-state index contributed by atoms with van der Waals surface area (Å²) in [4.78, 5) is 18.0. The predicted octanol–water partition coefficient (Wildman–Crippen LogP) is 7.13. The van der Waals surface area contributed by atoms with E-state index in [1.807, 2.05) is 17.9 Å². The number of thiophene rings is 1. The van der Waals surface area contributed by atoms with Crippen LogP contribution in [-0.4, -0.2) is 34.8 Å². The van der Waals surface area contributed by atoms with Gasteiger partial charge in [0.1, 0.15) is 10.6 Å². The number of alkyl halides is 3. The molecule has 37 heavy (non-hydrogen) atoms. The summed E-state index contributed by atoms with van der Waals surface area (Å²) in [5, 5.41) is 13.3. The number of nitrogens with zero attached hydrogens (tertiary/aromatic N) is 2. The van der Waals surface area contributed by atoms with Gasteiger partial charge in [-0.25, -0.2) is 0 Å². The van der Waals surface area contributed by atoms with E-state index in [0.717, 1.165) is 12.8 Å². The van der Waals surface area contributed by atoms with Crippen LogP contribution < -0.4 is 0 Å². The zero-order valence-electron chi connectivity index (χ0n) is 20.3. The van der Waals surface area contributed by atoms with Gasteiger partial charge in [-0.3, -0.25) is 9.69 Å². The van der Waals surface area contributed by atoms with Gasteiger partial charge >= 0.3 is 12.1 Å². The molecular weight excluding hydrogens is 505 g/mol. The van der Waals surface area contributed by atoms with E-state index in [9.17, 15) is 18.0 Å². The van der Waals surface area contributed by atoms with Crippen LogP contribution in [0.1, 0.15) is 47.3 Å². The van der Waals surface area contributed by atoms with E-state index >= 15 is 0 Å². The highest BCUT2D eigenvalue weighted by molar-refractivity contribution is 7.13. The second kappa shape index (κ2) is 11.4. The summed E-state index contributed by atoms with van der Waals surface area (Å²) in [7, 11) is 0. The number of halogens is 3. The van der Waals surface area contributed by atoms with Crippen molar-refractivity contribution < 1.29 is 32.3 Å². The lowest BCUT2D eigenvalue weighted by atomic mass is 10.0. The molecule has 1 fully saturated rings. The molecule has 10 heteroatoms. The van der Waals surface area contributed by atoms with Gasteiger partial charge in [-0.2, -0.15) is 13.2 Å². The maximum atomic E-state index is 13.7. The van der Waals surface area contributed by atoms with Crippen LogP contribution in [0.2, 0.25) is 0 Å². The van der Waals surface area contributed by atoms with E-state index in [-0.39, 0.29) is 22.1 Å². The molecule has 6 nitrogen and oxygen atoms in total. The Morgan fingerprint density at radius 1 is 1.27 bits per heavy atom. The van der Waals surface area contributed by atoms with Crippen molar-refractivity contribution in [2.45, 2.75) is 38.9 Å². The third-order valence-corrected chi connectivity index (χ3v) is 7.28. The summed E-state index contributed by atoms with van der Waals surface area (Å²) in [6.07, 6.45) is -0.629. The number of likely N-dealkylation sites (tertiary alicyclic amines) is 1. The number of rotatable bonds is 11. The molecule has 0 atom stereocenters. The van der Waals surface area contributed by atoms with Crippen LogP contribution in [0, 0.1) is 5.92 Å². The molecule has 0 bridgehead atoms. The Balaban J connectivity index is 1.50. The number of unbranched alkanes of at least 4 members (excludes halogenated alkanes) is 1. The molecule has 0 unspecified atom stereocenters. The minimum atomic E-state index is -4.52. The average molecular weight is 533 g/mol. The molecule has 3 aromatic rings. The Kier molecular flexibility index (Phi) is 8.19. The van der Waals surface area contributed by atoms with Gasteiger partial charge in [0, 0.05) is 24.2 Å². The zero-order chi connectivity index (χ0) is 26.6. The number of carboxylic acid groups (broad SMARTS) is 1. The highest BCUT2D eigenvalue weighted by Crippen LogP contribution is 2.44. The van der Waals surface area contributed by atoms with E-state index < -0.39 is 17.0 Å². The Morgan fingerprint density at radius 2 is 2.00 bits per heavy atom. The SMILES string of the molecule is C=C(O/N=C(\CCCC)c1coc(CN2CC(C(=O)O)C2)c1)c1cc(-c2ccccc2)c(C(F)(F)F)s1. The molecule has 4 rings (SSSR count). The molecule has 1 saturated heterocycles. The Morgan fingerprint density at radius 3 is 2.65 bits per heavy atom. The number of hydrogen-bond acceptors (Lipinski definition) is 6. The molecule has 0 saturated carbocycles. The van der Waals surface area contributed by atoms with Gasteiger partial charge in [-0.05, 0) is 30.5 Å². The number of hydrogen-bond donors (Lipinski definition) is 1. The Hall–Kier alpha value is -3.37. The lowest BCUT2D eigenvalue weighted by Crippen LogP contribution is -2.49. The summed E-state index contributed by atoms with van der Waals surface area (Å²) in [6, 6.07) is 11.6. The van der Waals surface area contributed by atoms with E-state index in [2.05, 4.69) is 11.7 Å². The highest BCUT2D eigenvalue weighted by atomic mass is 32.1. The number of carbonyl (C=O) groups is 1. The molecule has 0 aliphatic carbocycles.